The summed E-state index contributed by atoms with van der Waals surface area (Å²) in [5, 5.41) is 0.0200. The molecule has 2 unspecified atom stereocenters. The van der Waals surface area contributed by atoms with Gasteiger partial charge in [0.05, 0.1) is 6.04 Å². The van der Waals surface area contributed by atoms with Crippen molar-refractivity contribution in [2.45, 2.75) is 24.9 Å². The minimum absolute atomic E-state index is 0.0200. The van der Waals surface area contributed by atoms with Crippen molar-refractivity contribution in [2.24, 2.45) is 0 Å². The first-order valence-electron chi connectivity index (χ1n) is 8.48. The van der Waals surface area contributed by atoms with Crippen LogP contribution in [0.3, 0.4) is 0 Å². The summed E-state index contributed by atoms with van der Waals surface area (Å²) in [6.45, 7) is 4.57. The number of nitrogens with zero attached hydrogens (tertiary/aromatic N) is 4. The molecule has 0 radical (unpaired) electrons. The summed E-state index contributed by atoms with van der Waals surface area (Å²) in [5.41, 5.74) is 0.288. The Balaban J connectivity index is 1.65. The third-order valence-corrected chi connectivity index (χ3v) is 5.68. The molecule has 1 aromatic heterocycles. The molecule has 4 nitrogen and oxygen atoms in total. The van der Waals surface area contributed by atoms with Crippen molar-refractivity contribution in [1.29, 1.82) is 0 Å². The Bertz CT molecular complexity index is 703. The van der Waals surface area contributed by atoms with Gasteiger partial charge in [-0.1, -0.05) is 11.6 Å². The van der Waals surface area contributed by atoms with Gasteiger partial charge in [-0.25, -0.2) is 18.2 Å². The highest BCUT2D eigenvalue weighted by Gasteiger charge is 2.45. The maximum atomic E-state index is 14.4. The van der Waals surface area contributed by atoms with E-state index in [0.717, 1.165) is 26.2 Å². The molecule has 3 aliphatic rings. The SMILES string of the molecule is CN1CCN(C2CN3c4cc(Cl)nc(C(F)F)c4C=C(F)CC23)CC1. The molecule has 0 bridgehead atoms. The molecule has 8 heteroatoms. The van der Waals surface area contributed by atoms with Gasteiger partial charge in [0.1, 0.15) is 16.7 Å². The Morgan fingerprint density at radius 3 is 2.60 bits per heavy atom. The van der Waals surface area contributed by atoms with Crippen LogP contribution in [-0.2, 0) is 0 Å². The van der Waals surface area contributed by atoms with Crippen molar-refractivity contribution >= 4 is 23.4 Å². The van der Waals surface area contributed by atoms with Crippen LogP contribution < -0.4 is 4.90 Å². The summed E-state index contributed by atoms with van der Waals surface area (Å²) in [6.07, 6.45) is -1.35. The average molecular weight is 373 g/mol. The number of hydrogen-bond donors (Lipinski definition) is 0. The number of pyridine rings is 1. The molecule has 2 saturated heterocycles. The van der Waals surface area contributed by atoms with Gasteiger partial charge < -0.3 is 9.80 Å². The van der Waals surface area contributed by atoms with Crippen molar-refractivity contribution in [3.05, 3.63) is 28.3 Å². The van der Waals surface area contributed by atoms with Crippen molar-refractivity contribution in [2.75, 3.05) is 44.7 Å². The second-order valence-electron chi connectivity index (χ2n) is 6.99. The fourth-order valence-corrected chi connectivity index (χ4v) is 4.25. The van der Waals surface area contributed by atoms with Crippen LogP contribution in [0.4, 0.5) is 18.9 Å². The Hall–Kier alpha value is -1.31. The molecule has 0 amide bonds. The third-order valence-electron chi connectivity index (χ3n) is 5.49. The summed E-state index contributed by atoms with van der Waals surface area (Å²) in [5.74, 6) is -0.376. The third kappa shape index (κ3) is 3.02. The van der Waals surface area contributed by atoms with Crippen LogP contribution in [0.25, 0.3) is 6.08 Å². The van der Waals surface area contributed by atoms with Gasteiger partial charge in [0, 0.05) is 56.4 Å². The topological polar surface area (TPSA) is 22.6 Å². The van der Waals surface area contributed by atoms with Gasteiger partial charge in [-0.3, -0.25) is 4.90 Å². The molecule has 0 aliphatic carbocycles. The zero-order valence-electron chi connectivity index (χ0n) is 13.9. The van der Waals surface area contributed by atoms with E-state index < -0.39 is 12.1 Å². The van der Waals surface area contributed by atoms with Gasteiger partial charge in [-0.05, 0) is 19.2 Å². The molecule has 3 aliphatic heterocycles. The van der Waals surface area contributed by atoms with E-state index in [0.29, 0.717) is 12.2 Å². The predicted molar refractivity (Wildman–Crippen MR) is 91.9 cm³/mol. The van der Waals surface area contributed by atoms with Crippen LogP contribution in [0.1, 0.15) is 24.1 Å². The normalized spacial score (nSPS) is 27.4. The first-order valence-corrected chi connectivity index (χ1v) is 8.85. The van der Waals surface area contributed by atoms with Crippen molar-refractivity contribution in [3.63, 3.8) is 0 Å². The van der Waals surface area contributed by atoms with Gasteiger partial charge in [0.2, 0.25) is 0 Å². The summed E-state index contributed by atoms with van der Waals surface area (Å²) in [4.78, 5) is 10.4. The van der Waals surface area contributed by atoms with Gasteiger partial charge in [-0.2, -0.15) is 0 Å². The van der Waals surface area contributed by atoms with Crippen molar-refractivity contribution < 1.29 is 13.2 Å². The van der Waals surface area contributed by atoms with Gasteiger partial charge in [-0.15, -0.1) is 0 Å². The number of rotatable bonds is 2. The van der Waals surface area contributed by atoms with E-state index in [1.54, 1.807) is 6.07 Å². The molecule has 0 spiro atoms. The Labute approximate surface area is 149 Å². The number of alkyl halides is 2. The molecule has 0 N–H and O–H groups in total. The lowest BCUT2D eigenvalue weighted by atomic mass is 9.90. The van der Waals surface area contributed by atoms with Crippen LogP contribution in [0.5, 0.6) is 0 Å². The number of piperazine rings is 1. The van der Waals surface area contributed by atoms with Gasteiger partial charge in [0.25, 0.3) is 6.43 Å². The molecule has 136 valence electrons. The Kier molecular flexibility index (Phi) is 4.42. The largest absolute Gasteiger partial charge is 0.364 e. The number of aromatic nitrogens is 1. The van der Waals surface area contributed by atoms with E-state index in [1.807, 2.05) is 4.90 Å². The average Bonchev–Trinajstić information content (AvgIpc) is 2.64. The fraction of sp³-hybridized carbons (Fsp3) is 0.588. The summed E-state index contributed by atoms with van der Waals surface area (Å²) < 4.78 is 41.1. The summed E-state index contributed by atoms with van der Waals surface area (Å²) in [6, 6.07) is 1.76. The maximum absolute atomic E-state index is 14.4. The van der Waals surface area contributed by atoms with E-state index in [2.05, 4.69) is 21.8 Å². The van der Waals surface area contributed by atoms with E-state index in [4.69, 9.17) is 11.6 Å². The van der Waals surface area contributed by atoms with Gasteiger partial charge in [0.15, 0.2) is 0 Å². The lowest BCUT2D eigenvalue weighted by Crippen LogP contribution is -2.69. The van der Waals surface area contributed by atoms with Gasteiger partial charge >= 0.3 is 0 Å². The van der Waals surface area contributed by atoms with E-state index in [-0.39, 0.29) is 35.0 Å². The van der Waals surface area contributed by atoms with E-state index in [1.165, 1.54) is 6.08 Å². The highest BCUT2D eigenvalue weighted by atomic mass is 35.5. The molecule has 1 aromatic rings. The summed E-state index contributed by atoms with van der Waals surface area (Å²) in [7, 11) is 2.09. The smallest absolute Gasteiger partial charge is 0.281 e. The van der Waals surface area contributed by atoms with Crippen LogP contribution in [0, 0.1) is 0 Å². The van der Waals surface area contributed by atoms with Crippen molar-refractivity contribution in [1.82, 2.24) is 14.8 Å². The minimum Gasteiger partial charge on any atom is -0.364 e. The van der Waals surface area contributed by atoms with Crippen LogP contribution in [0.2, 0.25) is 5.15 Å². The molecule has 2 atom stereocenters. The molecule has 0 aromatic carbocycles. The number of halogens is 4. The lowest BCUT2D eigenvalue weighted by Gasteiger charge is -2.55. The quantitative estimate of drug-likeness (QED) is 0.744. The molecule has 2 fully saturated rings. The van der Waals surface area contributed by atoms with Crippen molar-refractivity contribution in [3.8, 4) is 0 Å². The second kappa shape index (κ2) is 6.45. The molecule has 25 heavy (non-hydrogen) atoms. The summed E-state index contributed by atoms with van der Waals surface area (Å²) >= 11 is 5.95. The number of hydrogen-bond acceptors (Lipinski definition) is 4. The number of likely N-dealkylation sites (N-methyl/N-ethyl adjacent to an activating group) is 1. The standard InChI is InChI=1S/C17H20ClF3N4/c1-23-2-4-24(5-3-23)14-9-25-12-8-15(18)22-16(17(20)21)11(12)6-10(19)7-13(14)25/h6,8,13-14,17H,2-5,7,9H2,1H3. The predicted octanol–water partition coefficient (Wildman–Crippen LogP) is 3.19. The maximum Gasteiger partial charge on any atom is 0.281 e. The fourth-order valence-electron chi connectivity index (χ4n) is 4.06. The van der Waals surface area contributed by atoms with E-state index in [9.17, 15) is 13.2 Å². The highest BCUT2D eigenvalue weighted by molar-refractivity contribution is 6.29. The molecule has 4 heterocycles. The van der Waals surface area contributed by atoms with Crippen LogP contribution in [0.15, 0.2) is 11.9 Å². The van der Waals surface area contributed by atoms with Crippen LogP contribution >= 0.6 is 11.6 Å². The zero-order valence-corrected chi connectivity index (χ0v) is 14.7. The Morgan fingerprint density at radius 1 is 1.20 bits per heavy atom. The first kappa shape index (κ1) is 17.1. The number of fused-ring (bicyclic) bond motifs is 3. The first-order chi connectivity index (χ1) is 11.9. The van der Waals surface area contributed by atoms with Crippen LogP contribution in [-0.4, -0.2) is 66.6 Å². The Morgan fingerprint density at radius 2 is 1.92 bits per heavy atom. The monoisotopic (exact) mass is 372 g/mol. The zero-order chi connectivity index (χ0) is 17.7. The second-order valence-corrected chi connectivity index (χ2v) is 7.37. The molecule has 4 rings (SSSR count). The highest BCUT2D eigenvalue weighted by Crippen LogP contribution is 2.43. The molecular formula is C17H20ClF3N4. The number of anilines is 1. The minimum atomic E-state index is -2.79. The molecular weight excluding hydrogens is 353 g/mol. The molecule has 0 saturated carbocycles. The lowest BCUT2D eigenvalue weighted by molar-refractivity contribution is 0.0693. The van der Waals surface area contributed by atoms with E-state index >= 15 is 0 Å².